The van der Waals surface area contributed by atoms with Gasteiger partial charge in [-0.25, -0.2) is 4.79 Å². The van der Waals surface area contributed by atoms with Gasteiger partial charge in [-0.3, -0.25) is 9.59 Å². The molecule has 0 saturated heterocycles. The minimum absolute atomic E-state index is 0.0577. The summed E-state index contributed by atoms with van der Waals surface area (Å²) < 4.78 is 11.5. The standard InChI is InChI=1S/C29H29NO5S/c1-15(2)13-35-29(33)25-17(4)30-21-11-18(24-6-5-9-36-24)12-22(31)27(21)26(25)20-14-34-23-8-7-16(3)10-19(23)28(20)32/h5-10,14-15,18,26,30H,11-13H2,1-4H3/t18-,26-/m0/s1. The number of nitrogens with one attached hydrogen (secondary N) is 1. The zero-order valence-electron chi connectivity index (χ0n) is 20.8. The van der Waals surface area contributed by atoms with Crippen molar-refractivity contribution >= 4 is 34.1 Å². The molecule has 0 bridgehead atoms. The summed E-state index contributed by atoms with van der Waals surface area (Å²) in [4.78, 5) is 42.0. The van der Waals surface area contributed by atoms with E-state index in [0.717, 1.165) is 16.1 Å². The van der Waals surface area contributed by atoms with Crippen molar-refractivity contribution in [3.8, 4) is 0 Å². The van der Waals surface area contributed by atoms with E-state index in [1.165, 1.54) is 6.26 Å². The highest BCUT2D eigenvalue weighted by molar-refractivity contribution is 7.10. The van der Waals surface area contributed by atoms with Gasteiger partial charge in [0.05, 0.1) is 29.7 Å². The molecule has 2 aromatic heterocycles. The van der Waals surface area contributed by atoms with Gasteiger partial charge in [0.2, 0.25) is 0 Å². The monoisotopic (exact) mass is 503 g/mol. The molecule has 1 N–H and O–H groups in total. The molecule has 7 heteroatoms. The Morgan fingerprint density at radius 1 is 1.19 bits per heavy atom. The molecule has 0 spiro atoms. The predicted molar refractivity (Wildman–Crippen MR) is 140 cm³/mol. The molecule has 1 aliphatic carbocycles. The Labute approximate surface area is 213 Å². The van der Waals surface area contributed by atoms with Crippen LogP contribution in [-0.2, 0) is 14.3 Å². The van der Waals surface area contributed by atoms with E-state index in [9.17, 15) is 14.4 Å². The van der Waals surface area contributed by atoms with E-state index < -0.39 is 11.9 Å². The van der Waals surface area contributed by atoms with Crippen LogP contribution in [0.15, 0.2) is 73.7 Å². The highest BCUT2D eigenvalue weighted by atomic mass is 32.1. The number of carbonyl (C=O) groups is 2. The number of rotatable bonds is 5. The molecule has 186 valence electrons. The van der Waals surface area contributed by atoms with Gasteiger partial charge >= 0.3 is 5.97 Å². The van der Waals surface area contributed by atoms with Gasteiger partial charge in [0, 0.05) is 39.7 Å². The van der Waals surface area contributed by atoms with E-state index in [1.54, 1.807) is 30.4 Å². The van der Waals surface area contributed by atoms with Crippen molar-refractivity contribution in [2.24, 2.45) is 5.92 Å². The van der Waals surface area contributed by atoms with E-state index in [1.807, 2.05) is 44.4 Å². The van der Waals surface area contributed by atoms with Crippen LogP contribution in [0.25, 0.3) is 11.0 Å². The maximum absolute atomic E-state index is 13.8. The lowest BCUT2D eigenvalue weighted by molar-refractivity contribution is -0.140. The first-order valence-corrected chi connectivity index (χ1v) is 13.1. The molecule has 1 aromatic carbocycles. The number of aryl methyl sites for hydroxylation is 1. The number of esters is 1. The fraction of sp³-hybridized carbons (Fsp3) is 0.345. The number of hydrogen-bond donors (Lipinski definition) is 1. The normalized spacial score (nSPS) is 20.1. The Kier molecular flexibility index (Phi) is 6.43. The van der Waals surface area contributed by atoms with Gasteiger partial charge in [0.25, 0.3) is 0 Å². The van der Waals surface area contributed by atoms with E-state index in [4.69, 9.17) is 9.15 Å². The topological polar surface area (TPSA) is 85.6 Å². The summed E-state index contributed by atoms with van der Waals surface area (Å²) in [6.07, 6.45) is 2.35. The van der Waals surface area contributed by atoms with Crippen molar-refractivity contribution in [3.05, 3.63) is 90.7 Å². The van der Waals surface area contributed by atoms with Crippen LogP contribution >= 0.6 is 11.3 Å². The minimum Gasteiger partial charge on any atom is -0.464 e. The summed E-state index contributed by atoms with van der Waals surface area (Å²) in [5, 5.41) is 5.78. The summed E-state index contributed by atoms with van der Waals surface area (Å²) in [6.45, 7) is 7.87. The third kappa shape index (κ3) is 4.32. The van der Waals surface area contributed by atoms with Crippen molar-refractivity contribution in [3.63, 3.8) is 0 Å². The van der Waals surface area contributed by atoms with Gasteiger partial charge in [0.1, 0.15) is 5.58 Å². The number of benzene rings is 1. The maximum atomic E-state index is 13.8. The number of thiophene rings is 1. The van der Waals surface area contributed by atoms with Crippen LogP contribution in [0.2, 0.25) is 0 Å². The zero-order chi connectivity index (χ0) is 25.6. The smallest absolute Gasteiger partial charge is 0.336 e. The lowest BCUT2D eigenvalue weighted by Crippen LogP contribution is -2.37. The summed E-state index contributed by atoms with van der Waals surface area (Å²) in [5.74, 6) is -1.24. The number of ketones is 1. The molecule has 0 fully saturated rings. The highest BCUT2D eigenvalue weighted by Gasteiger charge is 2.43. The average Bonchev–Trinajstić information content (AvgIpc) is 3.37. The van der Waals surface area contributed by atoms with Gasteiger partial charge in [-0.15, -0.1) is 11.3 Å². The first kappa shape index (κ1) is 24.3. The predicted octanol–water partition coefficient (Wildman–Crippen LogP) is 5.72. The van der Waals surface area contributed by atoms with Crippen LogP contribution in [0.5, 0.6) is 0 Å². The van der Waals surface area contributed by atoms with E-state index in [0.29, 0.717) is 35.1 Å². The third-order valence-electron chi connectivity index (χ3n) is 6.81. The summed E-state index contributed by atoms with van der Waals surface area (Å²) in [7, 11) is 0. The number of carbonyl (C=O) groups excluding carboxylic acids is 2. The Morgan fingerprint density at radius 3 is 2.72 bits per heavy atom. The van der Waals surface area contributed by atoms with Crippen LogP contribution < -0.4 is 10.7 Å². The summed E-state index contributed by atoms with van der Waals surface area (Å²) >= 11 is 1.63. The van der Waals surface area contributed by atoms with E-state index >= 15 is 0 Å². The molecule has 5 rings (SSSR count). The lowest BCUT2D eigenvalue weighted by atomic mass is 9.73. The Bertz CT molecular complexity index is 1480. The second-order valence-electron chi connectivity index (χ2n) is 10.0. The fourth-order valence-electron chi connectivity index (χ4n) is 5.12. The van der Waals surface area contributed by atoms with Crippen molar-refractivity contribution in [2.75, 3.05) is 6.61 Å². The molecule has 1 aliphatic heterocycles. The number of hydrogen-bond acceptors (Lipinski definition) is 7. The second kappa shape index (κ2) is 9.54. The number of ether oxygens (including phenoxy) is 1. The number of dihydropyridines is 1. The van der Waals surface area contributed by atoms with Gasteiger partial charge in [0.15, 0.2) is 11.2 Å². The molecule has 2 aliphatic rings. The maximum Gasteiger partial charge on any atom is 0.336 e. The van der Waals surface area contributed by atoms with Crippen molar-refractivity contribution in [1.29, 1.82) is 0 Å². The molecular weight excluding hydrogens is 474 g/mol. The molecule has 0 unspecified atom stereocenters. The molecule has 2 atom stereocenters. The Hall–Kier alpha value is -3.45. The van der Waals surface area contributed by atoms with Crippen LogP contribution in [0.4, 0.5) is 0 Å². The van der Waals surface area contributed by atoms with Gasteiger partial charge in [-0.2, -0.15) is 0 Å². The van der Waals surface area contributed by atoms with Crippen LogP contribution in [0.1, 0.15) is 61.5 Å². The summed E-state index contributed by atoms with van der Waals surface area (Å²) in [5.41, 5.74) is 3.53. The Morgan fingerprint density at radius 2 is 2.00 bits per heavy atom. The lowest BCUT2D eigenvalue weighted by Gasteiger charge is -2.36. The first-order chi connectivity index (χ1) is 17.2. The van der Waals surface area contributed by atoms with Crippen LogP contribution in [0.3, 0.4) is 0 Å². The number of fused-ring (bicyclic) bond motifs is 1. The zero-order valence-corrected chi connectivity index (χ0v) is 21.7. The number of Topliss-reactive ketones (excluding diaryl/α,β-unsaturated/α-hetero) is 1. The van der Waals surface area contributed by atoms with Gasteiger partial charge < -0.3 is 14.5 Å². The molecule has 0 saturated carbocycles. The summed E-state index contributed by atoms with van der Waals surface area (Å²) in [6, 6.07) is 9.46. The third-order valence-corrected chi connectivity index (χ3v) is 7.84. The van der Waals surface area contributed by atoms with Crippen molar-refractivity contribution in [2.45, 2.75) is 52.4 Å². The minimum atomic E-state index is -0.848. The van der Waals surface area contributed by atoms with Crippen LogP contribution in [0, 0.1) is 12.8 Å². The molecule has 0 radical (unpaired) electrons. The largest absolute Gasteiger partial charge is 0.464 e. The quantitative estimate of drug-likeness (QED) is 0.448. The van der Waals surface area contributed by atoms with Gasteiger partial charge in [-0.1, -0.05) is 31.5 Å². The molecule has 3 aromatic rings. The van der Waals surface area contributed by atoms with Crippen molar-refractivity contribution < 1.29 is 18.7 Å². The SMILES string of the molecule is CC1=C(C(=O)OCC(C)C)[C@H](c2coc3ccc(C)cc3c2=O)C2=C(C[C@H](c3cccs3)CC2=O)N1. The molecule has 36 heavy (non-hydrogen) atoms. The average molecular weight is 504 g/mol. The molecular formula is C29H29NO5S. The van der Waals surface area contributed by atoms with Crippen molar-refractivity contribution in [1.82, 2.24) is 5.32 Å². The van der Waals surface area contributed by atoms with E-state index in [-0.39, 0.29) is 40.8 Å². The molecule has 3 heterocycles. The van der Waals surface area contributed by atoms with E-state index in [2.05, 4.69) is 5.32 Å². The second-order valence-corrected chi connectivity index (χ2v) is 11.0. The number of allylic oxidation sites excluding steroid dienone is 3. The molecule has 0 amide bonds. The van der Waals surface area contributed by atoms with Crippen LogP contribution in [-0.4, -0.2) is 18.4 Å². The molecule has 6 nitrogen and oxygen atoms in total. The first-order valence-electron chi connectivity index (χ1n) is 12.2. The highest BCUT2D eigenvalue weighted by Crippen LogP contribution is 2.46. The Balaban J connectivity index is 1.67. The van der Waals surface area contributed by atoms with Gasteiger partial charge in [-0.05, 0) is 49.8 Å². The fourth-order valence-corrected chi connectivity index (χ4v) is 5.96.